The van der Waals surface area contributed by atoms with Crippen LogP contribution in [-0.4, -0.2) is 56.9 Å². The van der Waals surface area contributed by atoms with Gasteiger partial charge in [0.1, 0.15) is 11.8 Å². The molecule has 224 valence electrons. The van der Waals surface area contributed by atoms with Crippen LogP contribution in [-0.2, 0) is 19.0 Å². The molecule has 4 aromatic carbocycles. The summed E-state index contributed by atoms with van der Waals surface area (Å²) in [4.78, 5) is 38.6. The van der Waals surface area contributed by atoms with E-state index in [1.807, 2.05) is 36.4 Å². The zero-order valence-corrected chi connectivity index (χ0v) is 24.2. The Kier molecular flexibility index (Phi) is 11.4. The van der Waals surface area contributed by atoms with Crippen LogP contribution in [0.1, 0.15) is 26.3 Å². The first kappa shape index (κ1) is 31.7. The number of nitrogens with zero attached hydrogens (tertiary/aromatic N) is 2. The molecule has 0 spiro atoms. The molecule has 1 amide bonds. The van der Waals surface area contributed by atoms with Crippen molar-refractivity contribution in [2.75, 3.05) is 26.9 Å². The van der Waals surface area contributed by atoms with Crippen LogP contribution in [0, 0.1) is 11.3 Å². The first-order valence-corrected chi connectivity index (χ1v) is 13.6. The van der Waals surface area contributed by atoms with E-state index in [0.29, 0.717) is 40.5 Å². The maximum Gasteiger partial charge on any atom is 0.412 e. The van der Waals surface area contributed by atoms with E-state index in [4.69, 9.17) is 35.9 Å². The Hall–Kier alpha value is -5.28. The Morgan fingerprint density at radius 1 is 0.932 bits per heavy atom. The number of nitriles is 1. The number of hydrogen-bond donors (Lipinski definition) is 1. The van der Waals surface area contributed by atoms with Gasteiger partial charge in [-0.1, -0.05) is 71.4 Å². The average molecular weight is 616 g/mol. The number of ether oxygens (including phenoxy) is 4. The van der Waals surface area contributed by atoms with Crippen LogP contribution in [0.4, 0.5) is 4.79 Å². The number of benzene rings is 4. The van der Waals surface area contributed by atoms with Crippen molar-refractivity contribution in [2.24, 2.45) is 5.16 Å². The van der Waals surface area contributed by atoms with Gasteiger partial charge in [0, 0.05) is 23.0 Å². The van der Waals surface area contributed by atoms with E-state index >= 15 is 0 Å². The number of amides is 1. The molecule has 1 fully saturated rings. The van der Waals surface area contributed by atoms with Gasteiger partial charge in [0.25, 0.3) is 0 Å². The third-order valence-corrected chi connectivity index (χ3v) is 6.22. The number of rotatable bonds is 5. The van der Waals surface area contributed by atoms with Gasteiger partial charge < -0.3 is 29.1 Å². The normalized spacial score (nSPS) is 13.8. The predicted molar refractivity (Wildman–Crippen MR) is 160 cm³/mol. The zero-order chi connectivity index (χ0) is 31.3. The molecule has 44 heavy (non-hydrogen) atoms. The van der Waals surface area contributed by atoms with Gasteiger partial charge in [-0.05, 0) is 41.8 Å². The minimum atomic E-state index is -0.565. The molecule has 2 aliphatic rings. The Balaban J connectivity index is 0.000000153. The van der Waals surface area contributed by atoms with E-state index in [0.717, 1.165) is 10.9 Å². The maximum atomic E-state index is 11.4. The summed E-state index contributed by atoms with van der Waals surface area (Å²) in [7, 11) is 1.50. The Morgan fingerprint density at radius 3 is 2.11 bits per heavy atom. The van der Waals surface area contributed by atoms with E-state index < -0.39 is 18.0 Å². The molecule has 1 N–H and O–H groups in total. The number of nitrogens with one attached hydrogen (secondary N) is 1. The molecule has 0 radical (unpaired) electrons. The number of hydrogen-bond acceptors (Lipinski definition) is 10. The summed E-state index contributed by atoms with van der Waals surface area (Å²) in [6.07, 6.45) is -0.869. The third-order valence-electron chi connectivity index (χ3n) is 5.97. The van der Waals surface area contributed by atoms with Gasteiger partial charge in [-0.15, -0.1) is 0 Å². The monoisotopic (exact) mass is 615 g/mol. The standard InChI is InChI=1S/C12H12N2O3.C12H6O3.C8H8ClNO2/c13-8-11(10-4-2-1-3-5-10)14-17-9-12-15-6-7-16-12;13-11-8-5-1-3-7-4-2-6-9(10(7)8)12(14)15-11;1-10-8(11)12-7-4-2-6(9)3-5-7/h1-5,12H,6-7,9H2;1-6H;2-5H,1H3,(H,10,11)/b14-11+;;. The van der Waals surface area contributed by atoms with E-state index in [2.05, 4.69) is 15.2 Å². The van der Waals surface area contributed by atoms with Crippen molar-refractivity contribution >= 4 is 46.1 Å². The van der Waals surface area contributed by atoms with Gasteiger partial charge >= 0.3 is 18.0 Å². The Bertz CT molecular complexity index is 1630. The first-order chi connectivity index (χ1) is 21.4. The predicted octanol–water partition coefficient (Wildman–Crippen LogP) is 5.51. The van der Waals surface area contributed by atoms with Crippen molar-refractivity contribution in [3.05, 3.63) is 113 Å². The molecule has 0 atom stereocenters. The van der Waals surface area contributed by atoms with Crippen molar-refractivity contribution in [1.82, 2.24) is 5.32 Å². The van der Waals surface area contributed by atoms with Crippen molar-refractivity contribution in [1.29, 1.82) is 5.26 Å². The van der Waals surface area contributed by atoms with Crippen LogP contribution in [0.15, 0.2) is 96.2 Å². The largest absolute Gasteiger partial charge is 0.412 e. The molecule has 6 rings (SSSR count). The van der Waals surface area contributed by atoms with Crippen LogP contribution in [0.25, 0.3) is 10.8 Å². The second kappa shape index (κ2) is 15.8. The summed E-state index contributed by atoms with van der Waals surface area (Å²) in [6.45, 7) is 1.33. The lowest BCUT2D eigenvalue weighted by Crippen LogP contribution is -2.21. The number of oxime groups is 1. The fraction of sp³-hybridized carbons (Fsp3) is 0.156. The quantitative estimate of drug-likeness (QED) is 0.133. The van der Waals surface area contributed by atoms with Crippen LogP contribution in [0.3, 0.4) is 0 Å². The summed E-state index contributed by atoms with van der Waals surface area (Å²) < 4.78 is 19.8. The van der Waals surface area contributed by atoms with Crippen molar-refractivity contribution in [3.8, 4) is 11.8 Å². The number of cyclic esters (lactones) is 2. The van der Waals surface area contributed by atoms with E-state index in [-0.39, 0.29) is 18.6 Å². The second-order valence-electron chi connectivity index (χ2n) is 8.86. The molecular formula is C32H26ClN3O8. The summed E-state index contributed by atoms with van der Waals surface area (Å²) in [5, 5.41) is 17.2. The number of carbonyl (C=O) groups excluding carboxylic acids is 3. The van der Waals surface area contributed by atoms with Gasteiger partial charge in [-0.3, -0.25) is 0 Å². The van der Waals surface area contributed by atoms with Crippen molar-refractivity contribution < 1.29 is 38.2 Å². The number of carbonyl (C=O) groups is 3. The molecule has 2 heterocycles. The van der Waals surface area contributed by atoms with Crippen LogP contribution in [0.5, 0.6) is 5.75 Å². The maximum absolute atomic E-state index is 11.4. The highest BCUT2D eigenvalue weighted by atomic mass is 35.5. The lowest BCUT2D eigenvalue weighted by atomic mass is 9.97. The van der Waals surface area contributed by atoms with Gasteiger partial charge in [-0.25, -0.2) is 14.4 Å². The molecule has 4 aromatic rings. The second-order valence-corrected chi connectivity index (χ2v) is 9.30. The molecule has 0 saturated carbocycles. The number of esters is 2. The summed E-state index contributed by atoms with van der Waals surface area (Å²) in [5.74, 6) is -0.660. The summed E-state index contributed by atoms with van der Waals surface area (Å²) >= 11 is 5.63. The fourth-order valence-corrected chi connectivity index (χ4v) is 4.06. The van der Waals surface area contributed by atoms with Crippen LogP contribution >= 0.6 is 11.6 Å². The van der Waals surface area contributed by atoms with E-state index in [9.17, 15) is 14.4 Å². The van der Waals surface area contributed by atoms with Gasteiger partial charge in [0.05, 0.1) is 24.3 Å². The van der Waals surface area contributed by atoms with Crippen molar-refractivity contribution in [2.45, 2.75) is 6.29 Å². The van der Waals surface area contributed by atoms with Crippen LogP contribution in [0.2, 0.25) is 5.02 Å². The molecule has 2 aliphatic heterocycles. The molecule has 1 saturated heterocycles. The topological polar surface area (TPSA) is 146 Å². The lowest BCUT2D eigenvalue weighted by Gasteiger charge is -2.14. The van der Waals surface area contributed by atoms with E-state index in [1.165, 1.54) is 7.05 Å². The summed E-state index contributed by atoms with van der Waals surface area (Å²) in [6, 6.07) is 28.3. The molecule has 0 bridgehead atoms. The SMILES string of the molecule is CNC(=O)Oc1ccc(Cl)cc1.N#C/C(=N\OCC1OCCO1)c1ccccc1.O=C1OC(=O)c2cccc3cccc1c23. The van der Waals surface area contributed by atoms with Gasteiger partial charge in [-0.2, -0.15) is 5.26 Å². The van der Waals surface area contributed by atoms with Crippen LogP contribution < -0.4 is 10.1 Å². The Morgan fingerprint density at radius 2 is 1.55 bits per heavy atom. The first-order valence-electron chi connectivity index (χ1n) is 13.2. The molecule has 12 heteroatoms. The highest BCUT2D eigenvalue weighted by Gasteiger charge is 2.26. The zero-order valence-electron chi connectivity index (χ0n) is 23.4. The van der Waals surface area contributed by atoms with Gasteiger partial charge in [0.2, 0.25) is 0 Å². The fourth-order valence-electron chi connectivity index (χ4n) is 3.94. The minimum absolute atomic E-state index is 0.192. The lowest BCUT2D eigenvalue weighted by molar-refractivity contribution is -0.0934. The highest BCUT2D eigenvalue weighted by molar-refractivity contribution is 6.30. The summed E-state index contributed by atoms with van der Waals surface area (Å²) in [5.41, 5.74) is 1.89. The van der Waals surface area contributed by atoms with Gasteiger partial charge in [0.15, 0.2) is 18.6 Å². The molecule has 0 unspecified atom stereocenters. The smallest absolute Gasteiger partial charge is 0.410 e. The number of halogens is 1. The third kappa shape index (κ3) is 8.62. The molecule has 0 aromatic heterocycles. The Labute approximate surface area is 257 Å². The molecule has 11 nitrogen and oxygen atoms in total. The van der Waals surface area contributed by atoms with E-state index in [1.54, 1.807) is 60.7 Å². The highest BCUT2D eigenvalue weighted by Crippen LogP contribution is 2.28. The molecular weight excluding hydrogens is 590 g/mol. The molecule has 0 aliphatic carbocycles. The average Bonchev–Trinajstić information content (AvgIpc) is 3.58. The minimum Gasteiger partial charge on any atom is -0.410 e. The van der Waals surface area contributed by atoms with Crippen molar-refractivity contribution in [3.63, 3.8) is 0 Å².